The summed E-state index contributed by atoms with van der Waals surface area (Å²) in [6.45, 7) is 2.36. The molecule has 130 valence electrons. The van der Waals surface area contributed by atoms with Crippen LogP contribution in [0.25, 0.3) is 0 Å². The largest absolute Gasteiger partial charge is 0.279 e. The van der Waals surface area contributed by atoms with Crippen molar-refractivity contribution in [3.8, 4) is 0 Å². The summed E-state index contributed by atoms with van der Waals surface area (Å²) >= 11 is 1.15. The maximum absolute atomic E-state index is 12.3. The van der Waals surface area contributed by atoms with Crippen LogP contribution in [0.4, 0.5) is 5.69 Å². The second-order valence-electron chi connectivity index (χ2n) is 5.51. The normalized spacial score (nSPS) is 15.9. The molecule has 0 saturated heterocycles. The van der Waals surface area contributed by atoms with Gasteiger partial charge in [0.1, 0.15) is 4.21 Å². The smallest absolute Gasteiger partial charge is 0.271 e. The molecule has 3 rings (SSSR count). The third-order valence-electron chi connectivity index (χ3n) is 3.95. The Balaban J connectivity index is 1.86. The van der Waals surface area contributed by atoms with E-state index in [-0.39, 0.29) is 16.5 Å². The molecule has 1 aromatic heterocycles. The van der Waals surface area contributed by atoms with E-state index in [1.54, 1.807) is 36.6 Å². The zero-order chi connectivity index (χ0) is 17.4. The molecule has 0 spiro atoms. The lowest BCUT2D eigenvalue weighted by Gasteiger charge is -2.28. The number of nitrogens with zero attached hydrogens (tertiary/aromatic N) is 1. The molecular weight excluding hydrogens is 368 g/mol. The summed E-state index contributed by atoms with van der Waals surface area (Å²) in [7, 11) is -6.86. The minimum Gasteiger partial charge on any atom is -0.279 e. The first-order valence-corrected chi connectivity index (χ1v) is 11.4. The van der Waals surface area contributed by atoms with Gasteiger partial charge < -0.3 is 0 Å². The fourth-order valence-electron chi connectivity index (χ4n) is 2.64. The van der Waals surface area contributed by atoms with Crippen LogP contribution in [0.15, 0.2) is 39.9 Å². The van der Waals surface area contributed by atoms with E-state index >= 15 is 0 Å². The Kier molecular flexibility index (Phi) is 4.69. The van der Waals surface area contributed by atoms with Gasteiger partial charge in [-0.25, -0.2) is 16.8 Å². The van der Waals surface area contributed by atoms with Gasteiger partial charge in [-0.1, -0.05) is 12.1 Å². The van der Waals surface area contributed by atoms with Gasteiger partial charge >= 0.3 is 0 Å². The van der Waals surface area contributed by atoms with Crippen LogP contribution in [0.3, 0.4) is 0 Å². The van der Waals surface area contributed by atoms with E-state index in [2.05, 4.69) is 4.72 Å². The summed E-state index contributed by atoms with van der Waals surface area (Å²) in [6.07, 6.45) is 0.631. The number of nitrogens with one attached hydrogen (secondary N) is 1. The molecule has 0 aliphatic carbocycles. The van der Waals surface area contributed by atoms with Gasteiger partial charge in [-0.2, -0.15) is 4.31 Å². The highest BCUT2D eigenvalue weighted by molar-refractivity contribution is 7.94. The molecule has 1 aromatic carbocycles. The van der Waals surface area contributed by atoms with E-state index in [1.165, 1.54) is 4.31 Å². The average Bonchev–Trinajstić information content (AvgIpc) is 3.09. The van der Waals surface area contributed by atoms with Crippen LogP contribution < -0.4 is 4.72 Å². The molecule has 2 heterocycles. The van der Waals surface area contributed by atoms with Gasteiger partial charge in [0.25, 0.3) is 10.0 Å². The molecule has 1 aliphatic rings. The lowest BCUT2D eigenvalue weighted by Crippen LogP contribution is -2.36. The molecule has 0 amide bonds. The molecule has 1 aliphatic heterocycles. The summed E-state index contributed by atoms with van der Waals surface area (Å²) < 4.78 is 52.9. The highest BCUT2D eigenvalue weighted by Gasteiger charge is 2.25. The first-order valence-electron chi connectivity index (χ1n) is 7.48. The first kappa shape index (κ1) is 17.4. The number of sulfonamides is 2. The van der Waals surface area contributed by atoms with E-state index in [1.807, 2.05) is 6.07 Å². The van der Waals surface area contributed by atoms with Crippen molar-refractivity contribution in [3.05, 3.63) is 46.8 Å². The van der Waals surface area contributed by atoms with Crippen LogP contribution in [0.5, 0.6) is 0 Å². The van der Waals surface area contributed by atoms with Crippen molar-refractivity contribution in [1.82, 2.24) is 4.31 Å². The standard InChI is InChI=1S/C15H18N2O4S3/c1-2-23(18,19)17-8-7-12-5-6-14(10-13(12)11-17)16-24(20,21)15-4-3-9-22-15/h3-6,9-10,16H,2,7-8,11H2,1H3. The van der Waals surface area contributed by atoms with Gasteiger partial charge in [-0.15, -0.1) is 11.3 Å². The second-order valence-corrected chi connectivity index (χ2v) is 10.6. The summed E-state index contributed by atoms with van der Waals surface area (Å²) in [4.78, 5) is 0. The molecule has 0 unspecified atom stereocenters. The highest BCUT2D eigenvalue weighted by atomic mass is 32.2. The van der Waals surface area contributed by atoms with Crippen LogP contribution in [0.1, 0.15) is 18.1 Å². The Labute approximate surface area is 146 Å². The maximum Gasteiger partial charge on any atom is 0.271 e. The monoisotopic (exact) mass is 386 g/mol. The van der Waals surface area contributed by atoms with Crippen molar-refractivity contribution < 1.29 is 16.8 Å². The van der Waals surface area contributed by atoms with E-state index in [4.69, 9.17) is 0 Å². The van der Waals surface area contributed by atoms with Crippen LogP contribution in [0.2, 0.25) is 0 Å². The van der Waals surface area contributed by atoms with Gasteiger partial charge in [0.15, 0.2) is 0 Å². The average molecular weight is 387 g/mol. The van der Waals surface area contributed by atoms with Gasteiger partial charge in [0.2, 0.25) is 10.0 Å². The Bertz CT molecular complexity index is 935. The summed E-state index contributed by atoms with van der Waals surface area (Å²) in [5, 5.41) is 1.70. The van der Waals surface area contributed by atoms with Crippen LogP contribution in [-0.2, 0) is 33.0 Å². The third-order valence-corrected chi connectivity index (χ3v) is 8.56. The molecule has 0 fully saturated rings. The molecular formula is C15H18N2O4S3. The summed E-state index contributed by atoms with van der Waals surface area (Å²) in [5.74, 6) is 0.0625. The number of hydrogen-bond donors (Lipinski definition) is 1. The molecule has 0 saturated carbocycles. The predicted molar refractivity (Wildman–Crippen MR) is 95.1 cm³/mol. The Morgan fingerprint density at radius 3 is 2.62 bits per heavy atom. The van der Waals surface area contributed by atoms with E-state index in [9.17, 15) is 16.8 Å². The fraction of sp³-hybridized carbons (Fsp3) is 0.333. The molecule has 24 heavy (non-hydrogen) atoms. The van der Waals surface area contributed by atoms with Crippen molar-refractivity contribution in [3.63, 3.8) is 0 Å². The third kappa shape index (κ3) is 3.49. The van der Waals surface area contributed by atoms with Crippen molar-refractivity contribution in [2.24, 2.45) is 0 Å². The summed E-state index contributed by atoms with van der Waals surface area (Å²) in [6, 6.07) is 8.52. The summed E-state index contributed by atoms with van der Waals surface area (Å²) in [5.41, 5.74) is 2.33. The maximum atomic E-state index is 12.3. The molecule has 0 bridgehead atoms. The van der Waals surface area contributed by atoms with Crippen molar-refractivity contribution in [2.45, 2.75) is 24.1 Å². The van der Waals surface area contributed by atoms with E-state index < -0.39 is 20.0 Å². The van der Waals surface area contributed by atoms with Crippen LogP contribution in [0, 0.1) is 0 Å². The quantitative estimate of drug-likeness (QED) is 0.854. The SMILES string of the molecule is CCS(=O)(=O)N1CCc2ccc(NS(=O)(=O)c3cccs3)cc2C1. The zero-order valence-corrected chi connectivity index (χ0v) is 15.5. The van der Waals surface area contributed by atoms with Gasteiger partial charge in [0, 0.05) is 18.8 Å². The number of thiophene rings is 1. The second kappa shape index (κ2) is 6.47. The van der Waals surface area contributed by atoms with Crippen molar-refractivity contribution >= 4 is 37.1 Å². The van der Waals surface area contributed by atoms with Crippen molar-refractivity contribution in [2.75, 3.05) is 17.0 Å². The van der Waals surface area contributed by atoms with Gasteiger partial charge in [0.05, 0.1) is 5.75 Å². The van der Waals surface area contributed by atoms with E-state index in [0.29, 0.717) is 18.7 Å². The number of fused-ring (bicyclic) bond motifs is 1. The first-order chi connectivity index (χ1) is 11.3. The molecule has 2 aromatic rings. The molecule has 1 N–H and O–H groups in total. The Morgan fingerprint density at radius 2 is 1.96 bits per heavy atom. The lowest BCUT2D eigenvalue weighted by molar-refractivity contribution is 0.392. The molecule has 6 nitrogen and oxygen atoms in total. The topological polar surface area (TPSA) is 83.6 Å². The van der Waals surface area contributed by atoms with E-state index in [0.717, 1.165) is 22.5 Å². The Morgan fingerprint density at radius 1 is 1.17 bits per heavy atom. The number of anilines is 1. The fourth-order valence-corrected chi connectivity index (χ4v) is 5.75. The number of benzene rings is 1. The zero-order valence-electron chi connectivity index (χ0n) is 13.1. The van der Waals surface area contributed by atoms with Crippen LogP contribution in [-0.4, -0.2) is 33.4 Å². The molecule has 9 heteroatoms. The van der Waals surface area contributed by atoms with Crippen LogP contribution >= 0.6 is 11.3 Å². The predicted octanol–water partition coefficient (Wildman–Crippen LogP) is 2.26. The molecule has 0 atom stereocenters. The minimum atomic E-state index is -3.61. The van der Waals surface area contributed by atoms with Gasteiger partial charge in [-0.05, 0) is 48.1 Å². The van der Waals surface area contributed by atoms with Gasteiger partial charge in [-0.3, -0.25) is 4.72 Å². The lowest BCUT2D eigenvalue weighted by atomic mass is 10.0. The molecule has 0 radical (unpaired) electrons. The Hall–Kier alpha value is -1.42. The highest BCUT2D eigenvalue weighted by Crippen LogP contribution is 2.26. The minimum absolute atomic E-state index is 0.0625. The number of rotatable bonds is 5. The van der Waals surface area contributed by atoms with Crippen molar-refractivity contribution in [1.29, 1.82) is 0 Å². The number of hydrogen-bond acceptors (Lipinski definition) is 5.